The minimum atomic E-state index is -5.13. The Hall–Kier alpha value is -3.58. The number of sulfonamides is 1. The number of anilines is 1. The van der Waals surface area contributed by atoms with E-state index in [0.29, 0.717) is 30.1 Å². The second-order valence-electron chi connectivity index (χ2n) is 8.05. The van der Waals surface area contributed by atoms with Crippen LogP contribution in [0.4, 0.5) is 32.0 Å². The van der Waals surface area contributed by atoms with Gasteiger partial charge in [-0.3, -0.25) is 4.79 Å². The van der Waals surface area contributed by atoms with Crippen molar-refractivity contribution in [2.45, 2.75) is 36.6 Å². The van der Waals surface area contributed by atoms with Gasteiger partial charge in [0.05, 0.1) is 22.6 Å². The molecule has 6 nitrogen and oxygen atoms in total. The molecule has 204 valence electrons. The Kier molecular flexibility index (Phi) is 8.72. The fourth-order valence-electron chi connectivity index (χ4n) is 3.43. The van der Waals surface area contributed by atoms with E-state index in [-0.39, 0.29) is 17.4 Å². The van der Waals surface area contributed by atoms with Crippen LogP contribution in [0, 0.1) is 0 Å². The van der Waals surface area contributed by atoms with E-state index in [1.54, 1.807) is 37.3 Å². The smallest absolute Gasteiger partial charge is 0.416 e. The second-order valence-corrected chi connectivity index (χ2v) is 9.77. The van der Waals surface area contributed by atoms with Crippen molar-refractivity contribution >= 4 is 21.6 Å². The first-order valence-corrected chi connectivity index (χ1v) is 12.6. The lowest BCUT2D eigenvalue weighted by Crippen LogP contribution is -2.45. The quantitative estimate of drug-likeness (QED) is 0.332. The molecule has 0 aliphatic carbocycles. The summed E-state index contributed by atoms with van der Waals surface area (Å²) in [7, 11) is -4.34. The van der Waals surface area contributed by atoms with E-state index in [4.69, 9.17) is 4.74 Å². The summed E-state index contributed by atoms with van der Waals surface area (Å²) >= 11 is 0. The van der Waals surface area contributed by atoms with Crippen LogP contribution in [-0.4, -0.2) is 27.0 Å². The minimum Gasteiger partial charge on any atom is -0.494 e. The van der Waals surface area contributed by atoms with E-state index in [1.165, 1.54) is 24.3 Å². The number of carbonyl (C=O) groups is 1. The molecule has 3 rings (SSSR count). The van der Waals surface area contributed by atoms with Crippen molar-refractivity contribution in [3.8, 4) is 5.75 Å². The molecule has 0 fully saturated rings. The summed E-state index contributed by atoms with van der Waals surface area (Å²) in [5.41, 5.74) is -3.56. The maximum atomic E-state index is 13.2. The van der Waals surface area contributed by atoms with E-state index in [0.717, 1.165) is 0 Å². The van der Waals surface area contributed by atoms with Crippen LogP contribution in [0.3, 0.4) is 0 Å². The summed E-state index contributed by atoms with van der Waals surface area (Å²) < 4.78 is 113. The van der Waals surface area contributed by atoms with E-state index < -0.39 is 51.1 Å². The van der Waals surface area contributed by atoms with Gasteiger partial charge in [0.1, 0.15) is 11.8 Å². The van der Waals surface area contributed by atoms with E-state index >= 15 is 0 Å². The fraction of sp³-hybridized carbons (Fsp3) is 0.240. The van der Waals surface area contributed by atoms with Crippen molar-refractivity contribution in [2.24, 2.45) is 0 Å². The monoisotopic (exact) mass is 560 g/mol. The van der Waals surface area contributed by atoms with E-state index in [1.807, 2.05) is 5.32 Å². The third kappa shape index (κ3) is 7.71. The molecule has 13 heteroatoms. The highest BCUT2D eigenvalue weighted by Gasteiger charge is 2.37. The van der Waals surface area contributed by atoms with Gasteiger partial charge in [0.25, 0.3) is 0 Å². The van der Waals surface area contributed by atoms with Crippen LogP contribution in [0.25, 0.3) is 0 Å². The summed E-state index contributed by atoms with van der Waals surface area (Å²) in [6, 6.07) is 12.3. The van der Waals surface area contributed by atoms with Gasteiger partial charge in [0.15, 0.2) is 0 Å². The molecule has 1 atom stereocenters. The number of halogens is 6. The Balaban J connectivity index is 1.94. The molecule has 3 aromatic rings. The number of alkyl halides is 6. The Morgan fingerprint density at radius 1 is 0.868 bits per heavy atom. The molecule has 0 aliphatic rings. The van der Waals surface area contributed by atoms with Crippen molar-refractivity contribution in [2.75, 3.05) is 11.9 Å². The SMILES string of the molecule is CCOc1ccc(S(=O)(=O)N[C@@H](Cc2ccccc2)C(=O)Nc2cc(C(F)(F)F)cc(C(F)(F)F)c2)cc1. The number of benzene rings is 3. The molecule has 0 heterocycles. The van der Waals surface area contributed by atoms with Gasteiger partial charge in [0, 0.05) is 5.69 Å². The third-order valence-electron chi connectivity index (χ3n) is 5.20. The molecule has 0 aromatic heterocycles. The molecular formula is C25H22F6N2O4S. The summed E-state index contributed by atoms with van der Waals surface area (Å²) in [5.74, 6) is -0.758. The molecule has 0 spiro atoms. The summed E-state index contributed by atoms with van der Waals surface area (Å²) in [5, 5.41) is 2.00. The molecule has 2 N–H and O–H groups in total. The summed E-state index contributed by atoms with van der Waals surface area (Å²) in [6.07, 6.45) is -10.5. The number of hydrogen-bond acceptors (Lipinski definition) is 4. The zero-order chi connectivity index (χ0) is 28.1. The maximum Gasteiger partial charge on any atom is 0.416 e. The number of hydrogen-bond donors (Lipinski definition) is 2. The minimum absolute atomic E-state index is 0.0776. The van der Waals surface area contributed by atoms with Gasteiger partial charge < -0.3 is 10.1 Å². The van der Waals surface area contributed by atoms with Gasteiger partial charge in [-0.1, -0.05) is 30.3 Å². The Morgan fingerprint density at radius 3 is 1.92 bits per heavy atom. The second kappa shape index (κ2) is 11.4. The standard InChI is InChI=1S/C25H22F6N2O4S/c1-2-37-20-8-10-21(11-9-20)38(35,36)33-22(12-16-6-4-3-5-7-16)23(34)32-19-14-17(24(26,27)28)13-18(15-19)25(29,30)31/h3-11,13-15,22,33H,2,12H2,1H3,(H,32,34)/t22-/m0/s1. The molecule has 0 saturated carbocycles. The van der Waals surface area contributed by atoms with Gasteiger partial charge in [-0.15, -0.1) is 0 Å². The van der Waals surface area contributed by atoms with Crippen molar-refractivity contribution < 1.29 is 44.3 Å². The normalized spacial score (nSPS) is 13.1. The van der Waals surface area contributed by atoms with Crippen molar-refractivity contribution in [3.63, 3.8) is 0 Å². The average Bonchev–Trinajstić information content (AvgIpc) is 2.83. The highest BCUT2D eigenvalue weighted by Crippen LogP contribution is 2.37. The lowest BCUT2D eigenvalue weighted by Gasteiger charge is -2.20. The fourth-order valence-corrected chi connectivity index (χ4v) is 4.63. The number of ether oxygens (including phenoxy) is 1. The number of amides is 1. The molecule has 0 aliphatic heterocycles. The van der Waals surface area contributed by atoms with Crippen LogP contribution in [0.1, 0.15) is 23.6 Å². The highest BCUT2D eigenvalue weighted by molar-refractivity contribution is 7.89. The lowest BCUT2D eigenvalue weighted by atomic mass is 10.1. The summed E-state index contributed by atoms with van der Waals surface area (Å²) in [6.45, 7) is 2.08. The molecular weight excluding hydrogens is 538 g/mol. The summed E-state index contributed by atoms with van der Waals surface area (Å²) in [4.78, 5) is 12.8. The average molecular weight is 561 g/mol. The predicted molar refractivity (Wildman–Crippen MR) is 127 cm³/mol. The predicted octanol–water partition coefficient (Wildman–Crippen LogP) is 5.65. The number of nitrogens with one attached hydrogen (secondary N) is 2. The van der Waals surface area contributed by atoms with Gasteiger partial charge in [0.2, 0.25) is 15.9 Å². The number of rotatable bonds is 9. The molecule has 3 aromatic carbocycles. The van der Waals surface area contributed by atoms with Crippen LogP contribution >= 0.6 is 0 Å². The largest absolute Gasteiger partial charge is 0.494 e. The molecule has 1 amide bonds. The first-order valence-electron chi connectivity index (χ1n) is 11.1. The van der Waals surface area contributed by atoms with Gasteiger partial charge >= 0.3 is 12.4 Å². The zero-order valence-electron chi connectivity index (χ0n) is 19.7. The van der Waals surface area contributed by atoms with Gasteiger partial charge in [-0.05, 0) is 61.4 Å². The number of carbonyl (C=O) groups excluding carboxylic acids is 1. The van der Waals surface area contributed by atoms with E-state index in [9.17, 15) is 39.6 Å². The Bertz CT molecular complexity index is 1330. The Morgan fingerprint density at radius 2 is 1.42 bits per heavy atom. The van der Waals surface area contributed by atoms with Crippen LogP contribution < -0.4 is 14.8 Å². The molecule has 0 bridgehead atoms. The maximum absolute atomic E-state index is 13.2. The van der Waals surface area contributed by atoms with Gasteiger partial charge in [-0.25, -0.2) is 8.42 Å². The first-order chi connectivity index (χ1) is 17.7. The lowest BCUT2D eigenvalue weighted by molar-refractivity contribution is -0.143. The molecule has 0 radical (unpaired) electrons. The van der Waals surface area contributed by atoms with Crippen LogP contribution in [0.5, 0.6) is 5.75 Å². The van der Waals surface area contributed by atoms with E-state index in [2.05, 4.69) is 4.72 Å². The first kappa shape index (κ1) is 29.0. The van der Waals surface area contributed by atoms with Crippen molar-refractivity contribution in [1.29, 1.82) is 0 Å². The zero-order valence-corrected chi connectivity index (χ0v) is 20.5. The Labute approximate surface area is 214 Å². The third-order valence-corrected chi connectivity index (χ3v) is 6.68. The van der Waals surface area contributed by atoms with Crippen molar-refractivity contribution in [3.05, 3.63) is 89.5 Å². The van der Waals surface area contributed by atoms with Crippen LogP contribution in [-0.2, 0) is 33.6 Å². The van der Waals surface area contributed by atoms with Crippen molar-refractivity contribution in [1.82, 2.24) is 4.72 Å². The van der Waals surface area contributed by atoms with Crippen LogP contribution in [0.2, 0.25) is 0 Å². The van der Waals surface area contributed by atoms with Gasteiger partial charge in [-0.2, -0.15) is 31.1 Å². The van der Waals surface area contributed by atoms with Crippen LogP contribution in [0.15, 0.2) is 77.7 Å². The molecule has 0 saturated heterocycles. The topological polar surface area (TPSA) is 84.5 Å². The highest BCUT2D eigenvalue weighted by atomic mass is 32.2. The molecule has 38 heavy (non-hydrogen) atoms. The molecule has 0 unspecified atom stereocenters.